The maximum Gasteiger partial charge on any atom is 0.127 e. The van der Waals surface area contributed by atoms with Crippen LogP contribution in [-0.2, 0) is 0 Å². The molecule has 0 atom stereocenters. The van der Waals surface area contributed by atoms with Gasteiger partial charge in [0.2, 0.25) is 0 Å². The molecule has 2 rings (SSSR count). The number of thioether (sulfide) groups is 1. The second-order valence-corrected chi connectivity index (χ2v) is 7.71. The number of unbranched alkanes of at least 4 members (excludes halogenated alkanes) is 1. The number of hydrogen-bond acceptors (Lipinski definition) is 2. The van der Waals surface area contributed by atoms with E-state index in [-0.39, 0.29) is 0 Å². The molecule has 0 fully saturated rings. The third kappa shape index (κ3) is 5.31. The summed E-state index contributed by atoms with van der Waals surface area (Å²) in [6, 6.07) is 12.9. The largest absolute Gasteiger partial charge is 0.493 e. The topological polar surface area (TPSA) is 9.23 Å². The molecular weight excluding hydrogens is 312 g/mol. The maximum absolute atomic E-state index is 5.98. The monoisotopic (exact) mass is 342 g/mol. The molecular formula is C22H30OS. The highest BCUT2D eigenvalue weighted by atomic mass is 32.2. The normalized spacial score (nSPS) is 11.2. The molecule has 2 aromatic rings. The van der Waals surface area contributed by atoms with E-state index in [2.05, 4.69) is 63.7 Å². The van der Waals surface area contributed by atoms with Gasteiger partial charge in [0.05, 0.1) is 6.61 Å². The Morgan fingerprint density at radius 2 is 1.83 bits per heavy atom. The van der Waals surface area contributed by atoms with Crippen molar-refractivity contribution in [3.63, 3.8) is 0 Å². The summed E-state index contributed by atoms with van der Waals surface area (Å²) >= 11 is 1.94. The van der Waals surface area contributed by atoms with Crippen molar-refractivity contribution >= 4 is 22.5 Å². The summed E-state index contributed by atoms with van der Waals surface area (Å²) in [5.74, 6) is 2.73. The van der Waals surface area contributed by atoms with E-state index in [1.807, 2.05) is 11.8 Å². The van der Waals surface area contributed by atoms with Crippen LogP contribution in [0.1, 0.15) is 46.5 Å². The van der Waals surface area contributed by atoms with Crippen molar-refractivity contribution in [2.75, 3.05) is 12.4 Å². The molecule has 2 aromatic carbocycles. The zero-order valence-electron chi connectivity index (χ0n) is 15.3. The number of allylic oxidation sites excluding steroid dienone is 1. The van der Waals surface area contributed by atoms with Gasteiger partial charge >= 0.3 is 0 Å². The third-order valence-electron chi connectivity index (χ3n) is 4.32. The summed E-state index contributed by atoms with van der Waals surface area (Å²) in [5, 5.41) is 2.53. The Kier molecular flexibility index (Phi) is 7.71. The standard InChI is InChI=1S/C22H30OS/c1-5-6-15-23-21-13-14-22(20-12-8-7-11-19(20)21)24-16-9-10-18(4)17(2)3/h7-8,11-14,17H,4-6,9-10,15-16H2,1-3H3. The number of ether oxygens (including phenoxy) is 1. The number of fused-ring (bicyclic) bond motifs is 1. The lowest BCUT2D eigenvalue weighted by Gasteiger charge is -2.13. The Balaban J connectivity index is 2.03. The molecule has 24 heavy (non-hydrogen) atoms. The molecule has 0 aliphatic carbocycles. The first kappa shape index (κ1) is 18.9. The van der Waals surface area contributed by atoms with Crippen LogP contribution in [0.5, 0.6) is 5.75 Å². The lowest BCUT2D eigenvalue weighted by atomic mass is 10.0. The molecule has 0 aliphatic heterocycles. The number of rotatable bonds is 10. The Morgan fingerprint density at radius 1 is 1.08 bits per heavy atom. The van der Waals surface area contributed by atoms with Crippen LogP contribution >= 0.6 is 11.8 Å². The van der Waals surface area contributed by atoms with E-state index in [1.54, 1.807) is 0 Å². The number of benzene rings is 2. The zero-order chi connectivity index (χ0) is 17.4. The lowest BCUT2D eigenvalue weighted by molar-refractivity contribution is 0.313. The SMILES string of the molecule is C=C(CCCSc1ccc(OCCCC)c2ccccc12)C(C)C. The molecule has 0 radical (unpaired) electrons. The van der Waals surface area contributed by atoms with Crippen molar-refractivity contribution in [3.05, 3.63) is 48.6 Å². The predicted molar refractivity (Wildman–Crippen MR) is 108 cm³/mol. The fourth-order valence-corrected chi connectivity index (χ4v) is 3.60. The van der Waals surface area contributed by atoms with Gasteiger partial charge in [-0.2, -0.15) is 0 Å². The maximum atomic E-state index is 5.98. The molecule has 2 heteroatoms. The first-order valence-corrected chi connectivity index (χ1v) is 10.1. The van der Waals surface area contributed by atoms with Gasteiger partial charge in [0.25, 0.3) is 0 Å². The van der Waals surface area contributed by atoms with Crippen molar-refractivity contribution in [2.24, 2.45) is 5.92 Å². The van der Waals surface area contributed by atoms with Crippen LogP contribution in [-0.4, -0.2) is 12.4 Å². The summed E-state index contributed by atoms with van der Waals surface area (Å²) < 4.78 is 5.98. The Hall–Kier alpha value is -1.41. The first-order chi connectivity index (χ1) is 11.6. The minimum atomic E-state index is 0.593. The molecule has 0 saturated heterocycles. The van der Waals surface area contributed by atoms with Crippen LogP contribution in [0.25, 0.3) is 10.8 Å². The summed E-state index contributed by atoms with van der Waals surface area (Å²) in [5.41, 5.74) is 1.36. The van der Waals surface area contributed by atoms with Crippen molar-refractivity contribution in [1.29, 1.82) is 0 Å². The van der Waals surface area contributed by atoms with Gasteiger partial charge in [0.1, 0.15) is 5.75 Å². The first-order valence-electron chi connectivity index (χ1n) is 9.08. The minimum absolute atomic E-state index is 0.593. The van der Waals surface area contributed by atoms with E-state index >= 15 is 0 Å². The van der Waals surface area contributed by atoms with Crippen molar-refractivity contribution in [2.45, 2.75) is 51.3 Å². The van der Waals surface area contributed by atoms with Gasteiger partial charge in [-0.25, -0.2) is 0 Å². The molecule has 0 spiro atoms. The van der Waals surface area contributed by atoms with Gasteiger partial charge in [-0.05, 0) is 48.5 Å². The third-order valence-corrected chi connectivity index (χ3v) is 5.48. The van der Waals surface area contributed by atoms with Crippen molar-refractivity contribution in [3.8, 4) is 5.75 Å². The van der Waals surface area contributed by atoms with Crippen LogP contribution in [0, 0.1) is 5.92 Å². The zero-order valence-corrected chi connectivity index (χ0v) is 16.1. The Bertz CT molecular complexity index is 660. The van der Waals surface area contributed by atoms with Crippen LogP contribution in [0.15, 0.2) is 53.4 Å². The van der Waals surface area contributed by atoms with Crippen molar-refractivity contribution in [1.82, 2.24) is 0 Å². The van der Waals surface area contributed by atoms with Crippen LogP contribution in [0.3, 0.4) is 0 Å². The summed E-state index contributed by atoms with van der Waals surface area (Å²) in [6.07, 6.45) is 4.57. The second-order valence-electron chi connectivity index (χ2n) is 6.57. The van der Waals surface area contributed by atoms with E-state index in [4.69, 9.17) is 4.74 Å². The molecule has 0 heterocycles. The van der Waals surface area contributed by atoms with Gasteiger partial charge in [-0.3, -0.25) is 0 Å². The molecule has 0 aliphatic rings. The highest BCUT2D eigenvalue weighted by Gasteiger charge is 2.07. The Labute approximate surface area is 151 Å². The molecule has 0 aromatic heterocycles. The average Bonchev–Trinajstić information content (AvgIpc) is 2.59. The van der Waals surface area contributed by atoms with Crippen molar-refractivity contribution < 1.29 is 4.74 Å². The predicted octanol–water partition coefficient (Wildman–Crippen LogP) is 7.10. The second kappa shape index (κ2) is 9.78. The average molecular weight is 343 g/mol. The van der Waals surface area contributed by atoms with Crippen LogP contribution in [0.2, 0.25) is 0 Å². The van der Waals surface area contributed by atoms with Crippen LogP contribution < -0.4 is 4.74 Å². The fraction of sp³-hybridized carbons (Fsp3) is 0.455. The van der Waals surface area contributed by atoms with Crippen LogP contribution in [0.4, 0.5) is 0 Å². The summed E-state index contributed by atoms with van der Waals surface area (Å²) in [6.45, 7) is 11.6. The van der Waals surface area contributed by atoms with Gasteiger partial charge in [-0.1, -0.05) is 63.6 Å². The van der Waals surface area contributed by atoms with E-state index in [0.717, 1.165) is 37.4 Å². The number of hydrogen-bond donors (Lipinski definition) is 0. The smallest absolute Gasteiger partial charge is 0.127 e. The van der Waals surface area contributed by atoms with E-state index < -0.39 is 0 Å². The summed E-state index contributed by atoms with van der Waals surface area (Å²) in [4.78, 5) is 1.35. The fourth-order valence-electron chi connectivity index (χ4n) is 2.59. The molecule has 0 saturated carbocycles. The quantitative estimate of drug-likeness (QED) is 0.258. The molecule has 1 nitrogen and oxygen atoms in total. The Morgan fingerprint density at radius 3 is 2.54 bits per heavy atom. The lowest BCUT2D eigenvalue weighted by Crippen LogP contribution is -1.97. The van der Waals surface area contributed by atoms with E-state index in [9.17, 15) is 0 Å². The molecule has 0 unspecified atom stereocenters. The van der Waals surface area contributed by atoms with Gasteiger partial charge in [0.15, 0.2) is 0 Å². The highest BCUT2D eigenvalue weighted by Crippen LogP contribution is 2.34. The summed E-state index contributed by atoms with van der Waals surface area (Å²) in [7, 11) is 0. The van der Waals surface area contributed by atoms with Gasteiger partial charge < -0.3 is 4.74 Å². The van der Waals surface area contributed by atoms with E-state index in [1.165, 1.54) is 27.7 Å². The highest BCUT2D eigenvalue weighted by molar-refractivity contribution is 7.99. The molecule has 0 N–H and O–H groups in total. The van der Waals surface area contributed by atoms with E-state index in [0.29, 0.717) is 5.92 Å². The van der Waals surface area contributed by atoms with Gasteiger partial charge in [0, 0.05) is 10.3 Å². The molecule has 130 valence electrons. The minimum Gasteiger partial charge on any atom is -0.493 e. The molecule has 0 amide bonds. The van der Waals surface area contributed by atoms with Gasteiger partial charge in [-0.15, -0.1) is 11.8 Å². The molecule has 0 bridgehead atoms.